The average molecular weight is 413 g/mol. The Labute approximate surface area is 171 Å². The van der Waals surface area contributed by atoms with Crippen molar-refractivity contribution < 1.29 is 4.39 Å². The fraction of sp³-hybridized carbons (Fsp3) is 0.190. The van der Waals surface area contributed by atoms with Gasteiger partial charge in [0.1, 0.15) is 5.82 Å². The number of hydrogen-bond donors (Lipinski definition) is 0. The molecule has 0 saturated carbocycles. The third kappa shape index (κ3) is 3.21. The molecule has 0 atom stereocenters. The van der Waals surface area contributed by atoms with Crippen LogP contribution in [0.5, 0.6) is 0 Å². The third-order valence-electron chi connectivity index (χ3n) is 5.01. The van der Waals surface area contributed by atoms with Crippen LogP contribution in [0.3, 0.4) is 0 Å². The lowest BCUT2D eigenvalue weighted by Crippen LogP contribution is -2.44. The van der Waals surface area contributed by atoms with Gasteiger partial charge in [-0.1, -0.05) is 23.7 Å². The molecule has 0 radical (unpaired) electrons. The number of anilines is 1. The smallest absolute Gasteiger partial charge is 0.153 e. The minimum atomic E-state index is -0.380. The zero-order valence-electron chi connectivity index (χ0n) is 15.1. The number of benzene rings is 2. The zero-order chi connectivity index (χ0) is 19.1. The molecule has 1 aliphatic heterocycles. The molecule has 0 N–H and O–H groups in total. The van der Waals surface area contributed by atoms with Crippen LogP contribution in [-0.4, -0.2) is 39.9 Å². The third-order valence-corrected chi connectivity index (χ3v) is 6.39. The van der Waals surface area contributed by atoms with Gasteiger partial charge in [0, 0.05) is 37.3 Å². The minimum absolute atomic E-state index is 0.166. The van der Waals surface area contributed by atoms with E-state index in [9.17, 15) is 4.39 Å². The summed E-state index contributed by atoms with van der Waals surface area (Å²) in [5.74, 6) is 0.646. The second-order valence-electron chi connectivity index (χ2n) is 6.77. The van der Waals surface area contributed by atoms with E-state index in [1.807, 2.05) is 12.1 Å². The molecule has 3 heterocycles. The molecule has 0 amide bonds. The van der Waals surface area contributed by atoms with E-state index < -0.39 is 0 Å². The van der Waals surface area contributed by atoms with Crippen LogP contribution < -0.4 is 4.90 Å². The van der Waals surface area contributed by atoms with Gasteiger partial charge in [-0.3, -0.25) is 0 Å². The summed E-state index contributed by atoms with van der Waals surface area (Å²) < 4.78 is 17.9. The molecule has 4 aromatic rings. The highest BCUT2D eigenvalue weighted by molar-refractivity contribution is 7.97. The quantitative estimate of drug-likeness (QED) is 0.436. The lowest BCUT2D eigenvalue weighted by Gasteiger charge is -2.35. The Hall–Kier alpha value is -2.28. The highest BCUT2D eigenvalue weighted by atomic mass is 35.5. The Morgan fingerprint density at radius 3 is 2.54 bits per heavy atom. The van der Waals surface area contributed by atoms with E-state index in [1.165, 1.54) is 6.07 Å². The monoisotopic (exact) mass is 412 g/mol. The van der Waals surface area contributed by atoms with E-state index in [0.717, 1.165) is 53.4 Å². The normalized spacial score (nSPS) is 15.6. The second-order valence-corrected chi connectivity index (χ2v) is 8.35. The maximum atomic E-state index is 13.4. The van der Waals surface area contributed by atoms with Crippen molar-refractivity contribution >= 4 is 45.9 Å². The summed E-state index contributed by atoms with van der Waals surface area (Å²) in [6.07, 6.45) is 2.09. The SMILES string of the molecule is Fc1ccc(SN2CCN(c3nc4ccccc4n4cccc34)CC2)cc1Cl. The van der Waals surface area contributed by atoms with Gasteiger partial charge in [-0.25, -0.2) is 13.7 Å². The Kier molecular flexibility index (Phi) is 4.62. The Morgan fingerprint density at radius 2 is 1.71 bits per heavy atom. The van der Waals surface area contributed by atoms with Gasteiger partial charge in [0.05, 0.1) is 21.6 Å². The number of halogens is 2. The van der Waals surface area contributed by atoms with Gasteiger partial charge < -0.3 is 9.30 Å². The maximum Gasteiger partial charge on any atom is 0.153 e. The van der Waals surface area contributed by atoms with Crippen molar-refractivity contribution in [3.8, 4) is 0 Å². The Bertz CT molecular complexity index is 1150. The fourth-order valence-electron chi connectivity index (χ4n) is 3.61. The summed E-state index contributed by atoms with van der Waals surface area (Å²) in [5, 5.41) is 0.166. The molecule has 5 rings (SSSR count). The predicted octanol–water partition coefficient (Wildman–Crippen LogP) is 5.11. The first kappa shape index (κ1) is 17.8. The van der Waals surface area contributed by atoms with Gasteiger partial charge in [0.15, 0.2) is 5.82 Å². The van der Waals surface area contributed by atoms with Crippen molar-refractivity contribution in [2.45, 2.75) is 4.90 Å². The minimum Gasteiger partial charge on any atom is -0.352 e. The van der Waals surface area contributed by atoms with E-state index in [2.05, 4.69) is 44.1 Å². The largest absolute Gasteiger partial charge is 0.352 e. The summed E-state index contributed by atoms with van der Waals surface area (Å²) in [6, 6.07) is 17.3. The van der Waals surface area contributed by atoms with Crippen molar-refractivity contribution in [1.29, 1.82) is 0 Å². The molecule has 4 nitrogen and oxygen atoms in total. The van der Waals surface area contributed by atoms with Crippen molar-refractivity contribution in [1.82, 2.24) is 13.7 Å². The van der Waals surface area contributed by atoms with Crippen LogP contribution in [0.25, 0.3) is 16.6 Å². The number of para-hydroxylation sites is 2. The van der Waals surface area contributed by atoms with Gasteiger partial charge in [0.25, 0.3) is 0 Å². The van der Waals surface area contributed by atoms with Crippen LogP contribution >= 0.6 is 23.5 Å². The molecule has 2 aromatic carbocycles. The molecular formula is C21H18ClFN4S. The van der Waals surface area contributed by atoms with Crippen molar-refractivity contribution in [2.75, 3.05) is 31.1 Å². The first-order valence-corrected chi connectivity index (χ1v) is 10.3. The van der Waals surface area contributed by atoms with E-state index in [0.29, 0.717) is 0 Å². The van der Waals surface area contributed by atoms with E-state index in [-0.39, 0.29) is 10.8 Å². The highest BCUT2D eigenvalue weighted by Gasteiger charge is 2.21. The lowest BCUT2D eigenvalue weighted by atomic mass is 10.2. The molecule has 1 aliphatic rings. The number of rotatable bonds is 3. The van der Waals surface area contributed by atoms with Gasteiger partial charge in [-0.2, -0.15) is 0 Å². The van der Waals surface area contributed by atoms with E-state index >= 15 is 0 Å². The molecule has 28 heavy (non-hydrogen) atoms. The number of piperazine rings is 1. The summed E-state index contributed by atoms with van der Waals surface area (Å²) >= 11 is 7.52. The van der Waals surface area contributed by atoms with Crippen LogP contribution in [0.4, 0.5) is 10.2 Å². The number of hydrogen-bond acceptors (Lipinski definition) is 4. The molecular weight excluding hydrogens is 395 g/mol. The second kappa shape index (κ2) is 7.28. The summed E-state index contributed by atoms with van der Waals surface area (Å²) in [7, 11) is 0. The summed E-state index contributed by atoms with van der Waals surface area (Å²) in [6.45, 7) is 3.55. The van der Waals surface area contributed by atoms with Crippen LogP contribution in [0.15, 0.2) is 65.7 Å². The van der Waals surface area contributed by atoms with E-state index in [4.69, 9.17) is 16.6 Å². The van der Waals surface area contributed by atoms with Crippen LogP contribution in [0, 0.1) is 5.82 Å². The van der Waals surface area contributed by atoms with Crippen LogP contribution in [-0.2, 0) is 0 Å². The van der Waals surface area contributed by atoms with Crippen LogP contribution in [0.1, 0.15) is 0 Å². The molecule has 0 spiro atoms. The Balaban J connectivity index is 1.36. The van der Waals surface area contributed by atoms with Crippen molar-refractivity contribution in [2.24, 2.45) is 0 Å². The number of aromatic nitrogens is 2. The maximum absolute atomic E-state index is 13.4. The average Bonchev–Trinajstić information content (AvgIpc) is 3.21. The van der Waals surface area contributed by atoms with E-state index in [1.54, 1.807) is 24.1 Å². The van der Waals surface area contributed by atoms with Crippen molar-refractivity contribution in [3.05, 3.63) is 71.6 Å². The number of nitrogens with zero attached hydrogens (tertiary/aromatic N) is 4. The predicted molar refractivity (Wildman–Crippen MR) is 114 cm³/mol. The first-order chi connectivity index (χ1) is 13.7. The van der Waals surface area contributed by atoms with Crippen molar-refractivity contribution in [3.63, 3.8) is 0 Å². The molecule has 7 heteroatoms. The molecule has 0 aliphatic carbocycles. The molecule has 0 unspecified atom stereocenters. The standard InChI is InChI=1S/C21H18ClFN4S/c22-16-14-15(7-8-17(16)23)28-26-12-10-25(11-13-26)21-20-6-3-9-27(20)19-5-2-1-4-18(19)24-21/h1-9,14H,10-13H2. The van der Waals surface area contributed by atoms with Crippen LogP contribution in [0.2, 0.25) is 5.02 Å². The molecule has 1 fully saturated rings. The fourth-order valence-corrected chi connectivity index (χ4v) is 4.80. The first-order valence-electron chi connectivity index (χ1n) is 9.18. The molecule has 1 saturated heterocycles. The molecule has 0 bridgehead atoms. The lowest BCUT2D eigenvalue weighted by molar-refractivity contribution is 0.428. The van der Waals surface area contributed by atoms with Gasteiger partial charge in [-0.05, 0) is 54.4 Å². The molecule has 2 aromatic heterocycles. The van der Waals surface area contributed by atoms with Gasteiger partial charge in [-0.15, -0.1) is 0 Å². The summed E-state index contributed by atoms with van der Waals surface area (Å²) in [5.41, 5.74) is 3.25. The molecule has 142 valence electrons. The topological polar surface area (TPSA) is 23.8 Å². The van der Waals surface area contributed by atoms with Gasteiger partial charge >= 0.3 is 0 Å². The summed E-state index contributed by atoms with van der Waals surface area (Å²) in [4.78, 5) is 8.25. The van der Waals surface area contributed by atoms with Gasteiger partial charge in [0.2, 0.25) is 0 Å². The Morgan fingerprint density at radius 1 is 0.929 bits per heavy atom. The zero-order valence-corrected chi connectivity index (χ0v) is 16.6. The number of fused-ring (bicyclic) bond motifs is 3. The highest BCUT2D eigenvalue weighted by Crippen LogP contribution is 2.30.